The number of likely N-dealkylation sites (tertiary alicyclic amines) is 1. The predicted molar refractivity (Wildman–Crippen MR) is 107 cm³/mol. The van der Waals surface area contributed by atoms with E-state index in [1.807, 2.05) is 19.6 Å². The molecule has 2 aromatic rings. The van der Waals surface area contributed by atoms with Gasteiger partial charge in [-0.2, -0.15) is 0 Å². The Hall–Kier alpha value is -2.30. The highest BCUT2D eigenvalue weighted by atomic mass is 15.3. The molecule has 1 aliphatic heterocycles. The number of aliphatic imine (C=N–C) groups is 1. The number of nitrogens with one attached hydrogen (secondary N) is 1. The zero-order chi connectivity index (χ0) is 18.4. The fraction of sp³-hybridized carbons (Fsp3) is 0.524. The van der Waals surface area contributed by atoms with E-state index in [-0.39, 0.29) is 0 Å². The predicted octanol–water partition coefficient (Wildman–Crippen LogP) is 3.54. The summed E-state index contributed by atoms with van der Waals surface area (Å²) in [6, 6.07) is 11.2. The minimum absolute atomic E-state index is 0.445. The largest absolute Gasteiger partial charge is 0.356 e. The number of benzene rings is 1. The van der Waals surface area contributed by atoms with Crippen LogP contribution in [0.4, 0.5) is 0 Å². The van der Waals surface area contributed by atoms with E-state index >= 15 is 0 Å². The summed E-state index contributed by atoms with van der Waals surface area (Å²) in [6.45, 7) is 7.52. The summed E-state index contributed by atoms with van der Waals surface area (Å²) >= 11 is 0. The average molecular weight is 354 g/mol. The van der Waals surface area contributed by atoms with Crippen LogP contribution in [0, 0.1) is 5.92 Å². The highest BCUT2D eigenvalue weighted by Gasteiger charge is 2.29. The molecular weight excluding hydrogens is 322 g/mol. The van der Waals surface area contributed by atoms with Crippen LogP contribution in [-0.2, 0) is 0 Å². The molecular formula is C21H31N5. The maximum absolute atomic E-state index is 4.56. The molecule has 0 spiro atoms. The molecule has 1 aromatic carbocycles. The van der Waals surface area contributed by atoms with Crippen LogP contribution in [0.2, 0.25) is 0 Å². The molecule has 3 unspecified atom stereocenters. The van der Waals surface area contributed by atoms with Crippen molar-refractivity contribution in [2.24, 2.45) is 10.9 Å². The van der Waals surface area contributed by atoms with Crippen molar-refractivity contribution in [3.05, 3.63) is 54.6 Å². The van der Waals surface area contributed by atoms with Gasteiger partial charge in [-0.15, -0.1) is 0 Å². The number of rotatable bonds is 5. The molecule has 5 nitrogen and oxygen atoms in total. The lowest BCUT2D eigenvalue weighted by Crippen LogP contribution is -2.49. The third-order valence-electron chi connectivity index (χ3n) is 5.61. The first kappa shape index (κ1) is 18.5. The third-order valence-corrected chi connectivity index (χ3v) is 5.61. The third kappa shape index (κ3) is 4.26. The minimum atomic E-state index is 0.445. The second-order valence-corrected chi connectivity index (χ2v) is 7.23. The van der Waals surface area contributed by atoms with E-state index in [0.717, 1.165) is 32.0 Å². The van der Waals surface area contributed by atoms with E-state index in [1.165, 1.54) is 12.0 Å². The van der Waals surface area contributed by atoms with Crippen LogP contribution in [0.15, 0.2) is 54.0 Å². The molecule has 1 N–H and O–H groups in total. The lowest BCUT2D eigenvalue weighted by Gasteiger charge is -2.39. The molecule has 3 rings (SSSR count). The van der Waals surface area contributed by atoms with E-state index in [1.54, 1.807) is 0 Å². The highest BCUT2D eigenvalue weighted by Crippen LogP contribution is 2.27. The van der Waals surface area contributed by atoms with Gasteiger partial charge >= 0.3 is 0 Å². The van der Waals surface area contributed by atoms with Crippen molar-refractivity contribution in [2.45, 2.75) is 38.6 Å². The van der Waals surface area contributed by atoms with E-state index < -0.39 is 0 Å². The summed E-state index contributed by atoms with van der Waals surface area (Å²) in [4.78, 5) is 11.2. The molecule has 0 saturated carbocycles. The van der Waals surface area contributed by atoms with Gasteiger partial charge in [0.2, 0.25) is 0 Å². The Morgan fingerprint density at radius 2 is 2.15 bits per heavy atom. The molecule has 3 atom stereocenters. The second kappa shape index (κ2) is 8.88. The Labute approximate surface area is 157 Å². The Morgan fingerprint density at radius 1 is 1.35 bits per heavy atom. The molecule has 2 heterocycles. The molecule has 0 radical (unpaired) electrons. The van der Waals surface area contributed by atoms with Gasteiger partial charge in [-0.25, -0.2) is 4.98 Å². The molecule has 0 amide bonds. The number of nitrogens with zero attached hydrogens (tertiary/aromatic N) is 4. The summed E-state index contributed by atoms with van der Waals surface area (Å²) in [5, 5.41) is 3.62. The molecule has 26 heavy (non-hydrogen) atoms. The topological polar surface area (TPSA) is 45.5 Å². The van der Waals surface area contributed by atoms with E-state index in [9.17, 15) is 0 Å². The molecule has 1 fully saturated rings. The van der Waals surface area contributed by atoms with E-state index in [0.29, 0.717) is 17.9 Å². The van der Waals surface area contributed by atoms with Gasteiger partial charge in [0, 0.05) is 45.0 Å². The summed E-state index contributed by atoms with van der Waals surface area (Å²) in [6.07, 6.45) is 8.15. The minimum Gasteiger partial charge on any atom is -0.356 e. The lowest BCUT2D eigenvalue weighted by atomic mass is 9.93. The molecule has 0 bridgehead atoms. The smallest absolute Gasteiger partial charge is 0.193 e. The van der Waals surface area contributed by atoms with Crippen molar-refractivity contribution in [1.29, 1.82) is 0 Å². The Kier molecular flexibility index (Phi) is 6.31. The maximum Gasteiger partial charge on any atom is 0.193 e. The van der Waals surface area contributed by atoms with Gasteiger partial charge in [0.15, 0.2) is 5.96 Å². The average Bonchev–Trinajstić information content (AvgIpc) is 3.21. The summed E-state index contributed by atoms with van der Waals surface area (Å²) < 4.78 is 2.24. The number of aromatic nitrogens is 2. The Balaban J connectivity index is 1.63. The zero-order valence-corrected chi connectivity index (χ0v) is 16.2. The van der Waals surface area contributed by atoms with Gasteiger partial charge in [-0.1, -0.05) is 44.2 Å². The molecule has 1 aromatic heterocycles. The van der Waals surface area contributed by atoms with E-state index in [2.05, 4.69) is 75.1 Å². The van der Waals surface area contributed by atoms with Crippen molar-refractivity contribution >= 4 is 5.96 Å². The van der Waals surface area contributed by atoms with Gasteiger partial charge in [0.25, 0.3) is 0 Å². The van der Waals surface area contributed by atoms with Gasteiger partial charge < -0.3 is 14.8 Å². The molecule has 0 aliphatic carbocycles. The quantitative estimate of drug-likeness (QED) is 0.661. The van der Waals surface area contributed by atoms with Gasteiger partial charge in [-0.3, -0.25) is 4.99 Å². The lowest BCUT2D eigenvalue weighted by molar-refractivity contribution is 0.189. The molecule has 5 heteroatoms. The van der Waals surface area contributed by atoms with Crippen molar-refractivity contribution in [2.75, 3.05) is 26.7 Å². The number of guanidine groups is 1. The van der Waals surface area contributed by atoms with Crippen LogP contribution in [0.1, 0.15) is 44.2 Å². The van der Waals surface area contributed by atoms with Gasteiger partial charge in [-0.05, 0) is 24.3 Å². The second-order valence-electron chi connectivity index (χ2n) is 7.23. The molecule has 140 valence electrons. The first-order chi connectivity index (χ1) is 12.7. The summed E-state index contributed by atoms with van der Waals surface area (Å²) in [5.41, 5.74) is 1.39. The number of imidazole rings is 1. The van der Waals surface area contributed by atoms with E-state index in [4.69, 9.17) is 0 Å². The van der Waals surface area contributed by atoms with Crippen LogP contribution in [0.25, 0.3) is 0 Å². The van der Waals surface area contributed by atoms with Crippen LogP contribution < -0.4 is 5.32 Å². The van der Waals surface area contributed by atoms with Crippen LogP contribution in [-0.4, -0.2) is 47.1 Å². The first-order valence-corrected chi connectivity index (χ1v) is 9.70. The first-order valence-electron chi connectivity index (χ1n) is 9.70. The van der Waals surface area contributed by atoms with Crippen LogP contribution in [0.5, 0.6) is 0 Å². The highest BCUT2D eigenvalue weighted by molar-refractivity contribution is 5.80. The number of piperidine rings is 1. The molecule has 1 aliphatic rings. The van der Waals surface area contributed by atoms with Crippen molar-refractivity contribution in [3.8, 4) is 0 Å². The Bertz CT molecular complexity index is 680. The summed E-state index contributed by atoms with van der Waals surface area (Å²) in [7, 11) is 1.88. The fourth-order valence-electron chi connectivity index (χ4n) is 3.86. The monoisotopic (exact) mass is 353 g/mol. The zero-order valence-electron chi connectivity index (χ0n) is 16.2. The van der Waals surface area contributed by atoms with Gasteiger partial charge in [0.05, 0.1) is 12.4 Å². The SMILES string of the molecule is CCC(CNC(=NC)N1CCC(C)C(n2ccnc2)C1)c1ccccc1. The Morgan fingerprint density at radius 3 is 2.81 bits per heavy atom. The van der Waals surface area contributed by atoms with Crippen LogP contribution >= 0.6 is 0 Å². The van der Waals surface area contributed by atoms with Crippen molar-refractivity contribution in [1.82, 2.24) is 19.8 Å². The fourth-order valence-corrected chi connectivity index (χ4v) is 3.86. The summed E-state index contributed by atoms with van der Waals surface area (Å²) in [5.74, 6) is 2.16. The molecule has 1 saturated heterocycles. The normalized spacial score (nSPS) is 22.3. The van der Waals surface area contributed by atoms with Crippen molar-refractivity contribution in [3.63, 3.8) is 0 Å². The number of hydrogen-bond donors (Lipinski definition) is 1. The van der Waals surface area contributed by atoms with Crippen LogP contribution in [0.3, 0.4) is 0 Å². The number of hydrogen-bond acceptors (Lipinski definition) is 2. The van der Waals surface area contributed by atoms with Gasteiger partial charge in [0.1, 0.15) is 0 Å². The maximum atomic E-state index is 4.56. The standard InChI is InChI=1S/C21H31N5/c1-4-18(19-8-6-5-7-9-19)14-24-21(22-3)25-12-10-17(2)20(15-25)26-13-11-23-16-26/h5-9,11,13,16-18,20H,4,10,12,14-15H2,1-3H3,(H,22,24). The van der Waals surface area contributed by atoms with Crippen molar-refractivity contribution < 1.29 is 0 Å².